The Balaban J connectivity index is 3.03. The van der Waals surface area contributed by atoms with Crippen molar-refractivity contribution in [2.24, 2.45) is 5.41 Å². The fourth-order valence-corrected chi connectivity index (χ4v) is 2.64. The van der Waals surface area contributed by atoms with Crippen molar-refractivity contribution in [2.45, 2.75) is 45.6 Å². The third-order valence-electron chi connectivity index (χ3n) is 3.62. The van der Waals surface area contributed by atoms with Gasteiger partial charge in [0.2, 0.25) is 5.91 Å². The lowest BCUT2D eigenvalue weighted by molar-refractivity contribution is -0.161. The maximum absolute atomic E-state index is 12.2. The highest BCUT2D eigenvalue weighted by molar-refractivity contribution is 6.05. The quantitative estimate of drug-likeness (QED) is 0.561. The Morgan fingerprint density at radius 3 is 2.48 bits per heavy atom. The second-order valence-corrected chi connectivity index (χ2v) is 5.06. The maximum atomic E-state index is 12.2. The zero-order chi connectivity index (χ0) is 16.0. The second kappa shape index (κ2) is 7.19. The number of nitrogens with one attached hydrogen (secondary N) is 1. The molecule has 1 N–H and O–H groups in total. The molecule has 0 bridgehead atoms. The van der Waals surface area contributed by atoms with Crippen LogP contribution in [0.2, 0.25) is 0 Å². The van der Waals surface area contributed by atoms with Crippen molar-refractivity contribution >= 4 is 23.6 Å². The molecule has 0 aromatic rings. The van der Waals surface area contributed by atoms with E-state index in [0.29, 0.717) is 12.8 Å². The van der Waals surface area contributed by atoms with Gasteiger partial charge in [0.05, 0.1) is 13.7 Å². The van der Waals surface area contributed by atoms with Crippen molar-refractivity contribution < 1.29 is 28.7 Å². The van der Waals surface area contributed by atoms with E-state index in [2.05, 4.69) is 10.1 Å². The number of ketones is 1. The zero-order valence-corrected chi connectivity index (χ0v) is 12.6. The number of ether oxygens (including phenoxy) is 2. The van der Waals surface area contributed by atoms with Gasteiger partial charge in [-0.2, -0.15) is 0 Å². The molecule has 1 rings (SSSR count). The Kier molecular flexibility index (Phi) is 5.87. The smallest absolute Gasteiger partial charge is 0.328 e. The van der Waals surface area contributed by atoms with Crippen LogP contribution in [0.15, 0.2) is 0 Å². The molecule has 1 amide bonds. The molecule has 0 aliphatic heterocycles. The van der Waals surface area contributed by atoms with Gasteiger partial charge in [0, 0.05) is 19.8 Å². The van der Waals surface area contributed by atoms with Crippen LogP contribution in [-0.4, -0.2) is 43.4 Å². The largest absolute Gasteiger partial charge is 0.467 e. The summed E-state index contributed by atoms with van der Waals surface area (Å²) in [7, 11) is 1.19. The van der Waals surface area contributed by atoms with Crippen molar-refractivity contribution in [3.05, 3.63) is 0 Å². The molecule has 21 heavy (non-hydrogen) atoms. The Morgan fingerprint density at radius 2 is 2.05 bits per heavy atom. The SMILES string of the molecule is CCOC(=O)C1(CC(NC(C)=O)C(=O)OC)CCCC1=O. The molecule has 0 saturated heterocycles. The maximum Gasteiger partial charge on any atom is 0.328 e. The van der Waals surface area contributed by atoms with E-state index in [1.54, 1.807) is 6.92 Å². The van der Waals surface area contributed by atoms with Crippen LogP contribution in [0, 0.1) is 5.41 Å². The fraction of sp³-hybridized carbons (Fsp3) is 0.714. The minimum absolute atomic E-state index is 0.128. The molecular weight excluding hydrogens is 278 g/mol. The van der Waals surface area contributed by atoms with E-state index in [1.807, 2.05) is 0 Å². The van der Waals surface area contributed by atoms with Gasteiger partial charge in [-0.15, -0.1) is 0 Å². The number of hydrogen-bond acceptors (Lipinski definition) is 6. The highest BCUT2D eigenvalue weighted by atomic mass is 16.5. The number of rotatable bonds is 6. The van der Waals surface area contributed by atoms with Crippen LogP contribution < -0.4 is 5.32 Å². The molecule has 2 unspecified atom stereocenters. The second-order valence-electron chi connectivity index (χ2n) is 5.06. The van der Waals surface area contributed by atoms with Crippen molar-refractivity contribution in [1.82, 2.24) is 5.32 Å². The van der Waals surface area contributed by atoms with Crippen LogP contribution in [0.1, 0.15) is 39.5 Å². The first-order valence-corrected chi connectivity index (χ1v) is 6.93. The Morgan fingerprint density at radius 1 is 1.38 bits per heavy atom. The predicted molar refractivity (Wildman–Crippen MR) is 72.2 cm³/mol. The molecule has 0 spiro atoms. The summed E-state index contributed by atoms with van der Waals surface area (Å²) in [6, 6.07) is -1.04. The molecule has 2 atom stereocenters. The Labute approximate surface area is 123 Å². The molecular formula is C14H21NO6. The first-order valence-electron chi connectivity index (χ1n) is 6.93. The van der Waals surface area contributed by atoms with Crippen LogP contribution in [0.5, 0.6) is 0 Å². The van der Waals surface area contributed by atoms with E-state index in [4.69, 9.17) is 4.74 Å². The van der Waals surface area contributed by atoms with Gasteiger partial charge in [-0.1, -0.05) is 0 Å². The topological polar surface area (TPSA) is 98.8 Å². The van der Waals surface area contributed by atoms with Crippen molar-refractivity contribution in [2.75, 3.05) is 13.7 Å². The van der Waals surface area contributed by atoms with Crippen molar-refractivity contribution in [3.63, 3.8) is 0 Å². The highest BCUT2D eigenvalue weighted by Gasteiger charge is 2.52. The van der Waals surface area contributed by atoms with Crippen LogP contribution in [-0.2, 0) is 28.7 Å². The summed E-state index contributed by atoms with van der Waals surface area (Å²) in [5.41, 5.74) is -1.36. The molecule has 1 aliphatic rings. The van der Waals surface area contributed by atoms with E-state index >= 15 is 0 Å². The molecule has 7 heteroatoms. The average Bonchev–Trinajstić information content (AvgIpc) is 2.79. The molecule has 1 aliphatic carbocycles. The van der Waals surface area contributed by atoms with Gasteiger partial charge in [0.15, 0.2) is 0 Å². The summed E-state index contributed by atoms with van der Waals surface area (Å²) in [6.45, 7) is 3.05. The molecule has 0 aromatic carbocycles. The van der Waals surface area contributed by atoms with E-state index in [-0.39, 0.29) is 25.2 Å². The van der Waals surface area contributed by atoms with Gasteiger partial charge in [-0.3, -0.25) is 14.4 Å². The number of Topliss-reactive ketones (excluding diaryl/α,β-unsaturated/α-hetero) is 1. The van der Waals surface area contributed by atoms with Gasteiger partial charge in [-0.05, 0) is 19.8 Å². The first kappa shape index (κ1) is 17.1. The molecule has 118 valence electrons. The molecule has 1 saturated carbocycles. The first-order chi connectivity index (χ1) is 9.87. The highest BCUT2D eigenvalue weighted by Crippen LogP contribution is 2.40. The van der Waals surface area contributed by atoms with Gasteiger partial charge in [0.1, 0.15) is 17.2 Å². The Bertz CT molecular complexity index is 447. The number of hydrogen-bond donors (Lipinski definition) is 1. The van der Waals surface area contributed by atoms with Crippen LogP contribution in [0.4, 0.5) is 0 Å². The average molecular weight is 299 g/mol. The molecule has 7 nitrogen and oxygen atoms in total. The van der Waals surface area contributed by atoms with Crippen LogP contribution in [0.3, 0.4) is 0 Å². The third-order valence-corrected chi connectivity index (χ3v) is 3.62. The van der Waals surface area contributed by atoms with Gasteiger partial charge < -0.3 is 14.8 Å². The standard InChI is InChI=1S/C14H21NO6/c1-4-21-13(19)14(7-5-6-11(14)17)8-10(12(18)20-3)15-9(2)16/h10H,4-8H2,1-3H3,(H,15,16). The molecule has 0 heterocycles. The fourth-order valence-electron chi connectivity index (χ4n) is 2.64. The lowest BCUT2D eigenvalue weighted by Gasteiger charge is -2.28. The van der Waals surface area contributed by atoms with E-state index in [1.165, 1.54) is 14.0 Å². The number of amides is 1. The number of carbonyl (C=O) groups is 4. The van der Waals surface area contributed by atoms with E-state index < -0.39 is 29.3 Å². The normalized spacial score (nSPS) is 22.5. The predicted octanol–water partition coefficient (Wildman–Crippen LogP) is 0.357. The number of carbonyl (C=O) groups excluding carboxylic acids is 4. The van der Waals surface area contributed by atoms with Crippen molar-refractivity contribution in [3.8, 4) is 0 Å². The van der Waals surface area contributed by atoms with E-state index in [9.17, 15) is 19.2 Å². The molecule has 0 radical (unpaired) electrons. The monoisotopic (exact) mass is 299 g/mol. The summed E-state index contributed by atoms with van der Waals surface area (Å²) in [6.07, 6.45) is 1.02. The van der Waals surface area contributed by atoms with Gasteiger partial charge in [-0.25, -0.2) is 4.79 Å². The summed E-state index contributed by atoms with van der Waals surface area (Å²) in [5.74, 6) is -2.00. The minimum Gasteiger partial charge on any atom is -0.467 e. The van der Waals surface area contributed by atoms with Gasteiger partial charge >= 0.3 is 11.9 Å². The summed E-state index contributed by atoms with van der Waals surface area (Å²) in [5, 5.41) is 2.43. The van der Waals surface area contributed by atoms with Crippen LogP contribution in [0.25, 0.3) is 0 Å². The minimum atomic E-state index is -1.36. The molecule has 1 fully saturated rings. The number of esters is 2. The summed E-state index contributed by atoms with van der Waals surface area (Å²) < 4.78 is 9.62. The lowest BCUT2D eigenvalue weighted by atomic mass is 9.79. The van der Waals surface area contributed by atoms with Crippen molar-refractivity contribution in [1.29, 1.82) is 0 Å². The van der Waals surface area contributed by atoms with E-state index in [0.717, 1.165) is 0 Å². The zero-order valence-electron chi connectivity index (χ0n) is 12.6. The third kappa shape index (κ3) is 3.80. The lowest BCUT2D eigenvalue weighted by Crippen LogP contribution is -2.48. The van der Waals surface area contributed by atoms with Gasteiger partial charge in [0.25, 0.3) is 0 Å². The molecule has 0 aromatic heterocycles. The summed E-state index contributed by atoms with van der Waals surface area (Å²) in [4.78, 5) is 47.4. The Hall–Kier alpha value is -1.92. The summed E-state index contributed by atoms with van der Waals surface area (Å²) >= 11 is 0. The number of methoxy groups -OCH3 is 1. The van der Waals surface area contributed by atoms with Crippen LogP contribution >= 0.6 is 0 Å².